The molecule has 2 heterocycles. The van der Waals surface area contributed by atoms with E-state index in [-0.39, 0.29) is 30.7 Å². The van der Waals surface area contributed by atoms with Crippen LogP contribution in [0.2, 0.25) is 0 Å². The van der Waals surface area contributed by atoms with E-state index in [0.29, 0.717) is 75.9 Å². The Kier molecular flexibility index (Phi) is 16.3. The number of ether oxygens (including phenoxy) is 5. The molecule has 0 aliphatic carbocycles. The number of carbonyl (C=O) groups is 4. The van der Waals surface area contributed by atoms with E-state index in [0.717, 1.165) is 63.1 Å². The minimum Gasteiger partial charge on any atom is -0.494 e. The number of imide groups is 1. The number of nitrogens with one attached hydrogen (secondary N) is 2. The second-order valence-electron chi connectivity index (χ2n) is 12.1. The minimum atomic E-state index is -0.691. The average Bonchev–Trinajstić information content (AvgIpc) is 3.43. The number of piperidine rings is 1. The van der Waals surface area contributed by atoms with Gasteiger partial charge in [-0.05, 0) is 81.8 Å². The van der Waals surface area contributed by atoms with Gasteiger partial charge in [-0.3, -0.25) is 24.5 Å². The Hall–Kier alpha value is -4.00. The molecule has 4 rings (SSSR count). The van der Waals surface area contributed by atoms with Crippen LogP contribution in [0, 0.1) is 0 Å². The standard InChI is InChI=1S/C37H51N3O9/c1-2-48-28-14-16-29(17-15-28)49-22-9-4-3-7-20-45-23-25-47-26-24-46-21-8-5-6-13-34(41)38-32-12-10-11-30-31(32)27-40(37(30)44)33-18-19-35(42)39-36(33)43/h10-12,14-17,33H,2-9,13,18-27H2,1H3,(H,38,41)(H,39,42,43). The number of rotatable bonds is 24. The molecule has 2 N–H and O–H groups in total. The van der Waals surface area contributed by atoms with Gasteiger partial charge >= 0.3 is 0 Å². The van der Waals surface area contributed by atoms with Crippen LogP contribution in [-0.2, 0) is 35.1 Å². The molecule has 4 amide bonds. The van der Waals surface area contributed by atoms with Crippen molar-refractivity contribution in [2.75, 3.05) is 58.2 Å². The molecule has 12 nitrogen and oxygen atoms in total. The normalized spacial score (nSPS) is 15.7. The first-order valence-corrected chi connectivity index (χ1v) is 17.6. The van der Waals surface area contributed by atoms with E-state index in [4.69, 9.17) is 23.7 Å². The minimum absolute atomic E-state index is 0.123. The number of amides is 4. The Balaban J connectivity index is 0.925. The van der Waals surface area contributed by atoms with E-state index in [1.807, 2.05) is 31.2 Å². The van der Waals surface area contributed by atoms with E-state index in [9.17, 15) is 19.2 Å². The van der Waals surface area contributed by atoms with Crippen LogP contribution in [0.25, 0.3) is 0 Å². The molecule has 0 aromatic heterocycles. The summed E-state index contributed by atoms with van der Waals surface area (Å²) in [5.74, 6) is 0.559. The van der Waals surface area contributed by atoms with Crippen molar-refractivity contribution in [2.24, 2.45) is 0 Å². The van der Waals surface area contributed by atoms with Gasteiger partial charge in [0.15, 0.2) is 0 Å². The Morgan fingerprint density at radius 2 is 1.39 bits per heavy atom. The van der Waals surface area contributed by atoms with E-state index in [2.05, 4.69) is 10.6 Å². The molecule has 0 saturated carbocycles. The fourth-order valence-electron chi connectivity index (χ4n) is 5.77. The van der Waals surface area contributed by atoms with Gasteiger partial charge in [-0.1, -0.05) is 18.9 Å². The van der Waals surface area contributed by atoms with Crippen molar-refractivity contribution in [3.63, 3.8) is 0 Å². The topological polar surface area (TPSA) is 142 Å². The van der Waals surface area contributed by atoms with E-state index >= 15 is 0 Å². The Morgan fingerprint density at radius 3 is 2.04 bits per heavy atom. The number of hydrogen-bond acceptors (Lipinski definition) is 9. The summed E-state index contributed by atoms with van der Waals surface area (Å²) in [7, 11) is 0. The van der Waals surface area contributed by atoms with Gasteiger partial charge in [0.25, 0.3) is 5.91 Å². The van der Waals surface area contributed by atoms with Crippen LogP contribution in [0.4, 0.5) is 5.69 Å². The molecule has 12 heteroatoms. The van der Waals surface area contributed by atoms with Crippen molar-refractivity contribution in [1.82, 2.24) is 10.2 Å². The van der Waals surface area contributed by atoms with Gasteiger partial charge in [-0.25, -0.2) is 0 Å². The predicted octanol–water partition coefficient (Wildman–Crippen LogP) is 5.03. The third-order valence-electron chi connectivity index (χ3n) is 8.38. The average molecular weight is 682 g/mol. The first-order valence-electron chi connectivity index (χ1n) is 17.6. The van der Waals surface area contributed by atoms with E-state index in [1.54, 1.807) is 18.2 Å². The largest absolute Gasteiger partial charge is 0.494 e. The lowest BCUT2D eigenvalue weighted by Gasteiger charge is -2.29. The van der Waals surface area contributed by atoms with Gasteiger partial charge in [0.2, 0.25) is 17.7 Å². The molecule has 0 spiro atoms. The highest BCUT2D eigenvalue weighted by molar-refractivity contribution is 6.06. The molecule has 2 aromatic rings. The number of carbonyl (C=O) groups excluding carboxylic acids is 4. The second kappa shape index (κ2) is 21.2. The van der Waals surface area contributed by atoms with Crippen LogP contribution in [-0.4, -0.2) is 87.4 Å². The molecule has 2 aliphatic heterocycles. The Labute approximate surface area is 289 Å². The van der Waals surface area contributed by atoms with Gasteiger partial charge < -0.3 is 33.9 Å². The highest BCUT2D eigenvalue weighted by atomic mass is 16.5. The van der Waals surface area contributed by atoms with Crippen molar-refractivity contribution < 1.29 is 42.9 Å². The molecule has 0 bridgehead atoms. The molecule has 1 fully saturated rings. The molecule has 0 radical (unpaired) electrons. The number of hydrogen-bond donors (Lipinski definition) is 2. The van der Waals surface area contributed by atoms with Gasteiger partial charge in [0.1, 0.15) is 17.5 Å². The maximum atomic E-state index is 13.0. The molecule has 1 atom stereocenters. The lowest BCUT2D eigenvalue weighted by molar-refractivity contribution is -0.137. The molecular formula is C37H51N3O9. The monoisotopic (exact) mass is 681 g/mol. The van der Waals surface area contributed by atoms with E-state index in [1.165, 1.54) is 4.90 Å². The van der Waals surface area contributed by atoms with Crippen LogP contribution in [0.3, 0.4) is 0 Å². The number of fused-ring (bicyclic) bond motifs is 1. The number of nitrogens with zero attached hydrogens (tertiary/aromatic N) is 1. The molecule has 2 aliphatic rings. The summed E-state index contributed by atoms with van der Waals surface area (Å²) in [6, 6.07) is 12.2. The van der Waals surface area contributed by atoms with Gasteiger partial charge in [-0.2, -0.15) is 0 Å². The highest BCUT2D eigenvalue weighted by Crippen LogP contribution is 2.32. The number of benzene rings is 2. The maximum absolute atomic E-state index is 13.0. The highest BCUT2D eigenvalue weighted by Gasteiger charge is 2.39. The molecule has 1 saturated heterocycles. The number of anilines is 1. The van der Waals surface area contributed by atoms with Crippen molar-refractivity contribution in [2.45, 2.75) is 83.7 Å². The first-order chi connectivity index (χ1) is 24.0. The summed E-state index contributed by atoms with van der Waals surface area (Å²) in [5.41, 5.74) is 1.75. The molecular weight excluding hydrogens is 630 g/mol. The van der Waals surface area contributed by atoms with Crippen LogP contribution < -0.4 is 20.1 Å². The molecule has 268 valence electrons. The zero-order chi connectivity index (χ0) is 34.7. The lowest BCUT2D eigenvalue weighted by atomic mass is 10.0. The van der Waals surface area contributed by atoms with Crippen LogP contribution in [0.1, 0.15) is 87.1 Å². The molecule has 49 heavy (non-hydrogen) atoms. The summed E-state index contributed by atoms with van der Waals surface area (Å²) in [5, 5.41) is 5.24. The third kappa shape index (κ3) is 12.8. The number of unbranched alkanes of at least 4 members (excludes halogenated alkanes) is 5. The van der Waals surface area contributed by atoms with E-state index < -0.39 is 11.9 Å². The van der Waals surface area contributed by atoms with Crippen molar-refractivity contribution >= 4 is 29.3 Å². The summed E-state index contributed by atoms with van der Waals surface area (Å²) < 4.78 is 28.1. The van der Waals surface area contributed by atoms with Crippen LogP contribution in [0.5, 0.6) is 11.5 Å². The second-order valence-corrected chi connectivity index (χ2v) is 12.1. The third-order valence-corrected chi connectivity index (χ3v) is 8.38. The summed E-state index contributed by atoms with van der Waals surface area (Å²) in [6.45, 7) is 7.05. The summed E-state index contributed by atoms with van der Waals surface area (Å²) >= 11 is 0. The lowest BCUT2D eigenvalue weighted by Crippen LogP contribution is -2.52. The summed E-state index contributed by atoms with van der Waals surface area (Å²) in [6.07, 6.45) is 7.52. The Bertz CT molecular complexity index is 1350. The smallest absolute Gasteiger partial charge is 0.255 e. The fraction of sp³-hybridized carbons (Fsp3) is 0.568. The first kappa shape index (κ1) is 37.8. The Morgan fingerprint density at radius 1 is 0.776 bits per heavy atom. The van der Waals surface area contributed by atoms with Crippen LogP contribution >= 0.6 is 0 Å². The van der Waals surface area contributed by atoms with Gasteiger partial charge in [0.05, 0.1) is 39.6 Å². The van der Waals surface area contributed by atoms with Crippen molar-refractivity contribution in [3.05, 3.63) is 53.6 Å². The summed E-state index contributed by atoms with van der Waals surface area (Å²) in [4.78, 5) is 50.9. The molecule has 2 aromatic carbocycles. The van der Waals surface area contributed by atoms with Crippen molar-refractivity contribution in [3.8, 4) is 11.5 Å². The van der Waals surface area contributed by atoms with Crippen LogP contribution in [0.15, 0.2) is 42.5 Å². The zero-order valence-corrected chi connectivity index (χ0v) is 28.7. The SMILES string of the molecule is CCOc1ccc(OCCCCCCOCCOCCOCCCCCC(=O)Nc2cccc3c2CN(C2CCC(=O)NC2=O)C3=O)cc1. The van der Waals surface area contributed by atoms with Gasteiger partial charge in [-0.15, -0.1) is 0 Å². The fourth-order valence-corrected chi connectivity index (χ4v) is 5.77. The predicted molar refractivity (Wildman–Crippen MR) is 184 cm³/mol. The quantitative estimate of drug-likeness (QED) is 0.115. The van der Waals surface area contributed by atoms with Gasteiger partial charge in [0, 0.05) is 49.4 Å². The zero-order valence-electron chi connectivity index (χ0n) is 28.7. The molecule has 1 unspecified atom stereocenters. The maximum Gasteiger partial charge on any atom is 0.255 e. The van der Waals surface area contributed by atoms with Crippen molar-refractivity contribution in [1.29, 1.82) is 0 Å².